The highest BCUT2D eigenvalue weighted by Gasteiger charge is 1.98. The van der Waals surface area contributed by atoms with Crippen molar-refractivity contribution < 1.29 is 5.11 Å². The average Bonchev–Trinajstić information content (AvgIpc) is 2.15. The smallest absolute Gasteiger partial charge is 0.148 e. The van der Waals surface area contributed by atoms with Gasteiger partial charge in [0.25, 0.3) is 0 Å². The number of nitrogens with zero attached hydrogens (tertiary/aromatic N) is 2. The molecule has 0 aliphatic rings. The molecule has 0 fully saturated rings. The summed E-state index contributed by atoms with van der Waals surface area (Å²) in [6, 6.07) is 3.74. The van der Waals surface area contributed by atoms with Gasteiger partial charge in [0.15, 0.2) is 0 Å². The van der Waals surface area contributed by atoms with E-state index in [-0.39, 0.29) is 6.10 Å². The summed E-state index contributed by atoms with van der Waals surface area (Å²) in [5.41, 5.74) is 0. The lowest BCUT2D eigenvalue weighted by Gasteiger charge is -2.06. The van der Waals surface area contributed by atoms with Gasteiger partial charge in [0.05, 0.1) is 6.10 Å². The van der Waals surface area contributed by atoms with Crippen molar-refractivity contribution in [1.29, 1.82) is 0 Å². The quantitative estimate of drug-likeness (QED) is 0.708. The number of aliphatic hydroxyl groups excluding tert-OH is 1. The Bertz CT molecular complexity index is 250. The van der Waals surface area contributed by atoms with Crippen molar-refractivity contribution in [1.82, 2.24) is 10.2 Å². The lowest BCUT2D eigenvalue weighted by molar-refractivity contribution is 0.208. The number of nitrogens with one attached hydrogen (secondary N) is 1. The first kappa shape index (κ1) is 10.3. The van der Waals surface area contributed by atoms with Crippen molar-refractivity contribution in [3.8, 4) is 0 Å². The predicted octanol–water partition coefficient (Wildman–Crippen LogP) is 0.991. The molecule has 1 heterocycles. The second-order valence-corrected chi connectivity index (χ2v) is 3.52. The normalized spacial score (nSPS) is 12.5. The molecule has 1 unspecified atom stereocenters. The molecule has 72 valence electrons. The molecule has 1 rings (SSSR count). The number of hydrogen-bond acceptors (Lipinski definition) is 5. The van der Waals surface area contributed by atoms with Crippen molar-refractivity contribution in [2.75, 3.05) is 18.1 Å². The molecule has 4 nitrogen and oxygen atoms in total. The van der Waals surface area contributed by atoms with Gasteiger partial charge in [-0.1, -0.05) is 0 Å². The van der Waals surface area contributed by atoms with Gasteiger partial charge in [0, 0.05) is 6.54 Å². The van der Waals surface area contributed by atoms with Gasteiger partial charge >= 0.3 is 0 Å². The Balaban J connectivity index is 2.49. The topological polar surface area (TPSA) is 58.0 Å². The van der Waals surface area contributed by atoms with Crippen LogP contribution in [0.2, 0.25) is 0 Å². The van der Waals surface area contributed by atoms with Crippen molar-refractivity contribution in [2.24, 2.45) is 0 Å². The lowest BCUT2D eigenvalue weighted by Crippen LogP contribution is -2.16. The van der Waals surface area contributed by atoms with Crippen LogP contribution in [0.1, 0.15) is 6.92 Å². The van der Waals surface area contributed by atoms with Gasteiger partial charge in [-0.15, -0.1) is 22.0 Å². The first-order chi connectivity index (χ1) is 6.22. The summed E-state index contributed by atoms with van der Waals surface area (Å²) in [6.45, 7) is 2.21. The Kier molecular flexibility index (Phi) is 3.98. The lowest BCUT2D eigenvalue weighted by atomic mass is 10.4. The van der Waals surface area contributed by atoms with Crippen LogP contribution >= 0.6 is 11.8 Å². The van der Waals surface area contributed by atoms with Gasteiger partial charge < -0.3 is 10.4 Å². The van der Waals surface area contributed by atoms with Crippen LogP contribution in [0.5, 0.6) is 0 Å². The molecule has 0 aliphatic heterocycles. The van der Waals surface area contributed by atoms with Gasteiger partial charge in [-0.2, -0.15) is 0 Å². The maximum Gasteiger partial charge on any atom is 0.148 e. The molecule has 0 amide bonds. The minimum atomic E-state index is -0.373. The molecule has 13 heavy (non-hydrogen) atoms. The van der Waals surface area contributed by atoms with E-state index in [1.165, 1.54) is 0 Å². The molecule has 5 heteroatoms. The highest BCUT2D eigenvalue weighted by atomic mass is 32.2. The molecule has 0 aromatic carbocycles. The third kappa shape index (κ3) is 3.61. The van der Waals surface area contributed by atoms with E-state index < -0.39 is 0 Å². The van der Waals surface area contributed by atoms with Gasteiger partial charge in [-0.3, -0.25) is 0 Å². The number of thioether (sulfide) groups is 1. The van der Waals surface area contributed by atoms with E-state index in [4.69, 9.17) is 5.11 Å². The zero-order valence-electron chi connectivity index (χ0n) is 7.69. The van der Waals surface area contributed by atoms with Crippen molar-refractivity contribution in [3.63, 3.8) is 0 Å². The van der Waals surface area contributed by atoms with E-state index in [2.05, 4.69) is 15.5 Å². The Morgan fingerprint density at radius 2 is 2.31 bits per heavy atom. The van der Waals surface area contributed by atoms with E-state index in [1.54, 1.807) is 18.7 Å². The van der Waals surface area contributed by atoms with Crippen LogP contribution in [-0.2, 0) is 0 Å². The number of hydrogen-bond donors (Lipinski definition) is 2. The van der Waals surface area contributed by atoms with Crippen LogP contribution in [0, 0.1) is 0 Å². The number of anilines is 1. The molecule has 0 bridgehead atoms. The summed E-state index contributed by atoms with van der Waals surface area (Å²) in [4.78, 5) is 0. The first-order valence-corrected chi connectivity index (χ1v) is 5.24. The van der Waals surface area contributed by atoms with Crippen molar-refractivity contribution in [2.45, 2.75) is 18.1 Å². The maximum atomic E-state index is 9.00. The maximum absolute atomic E-state index is 9.00. The summed E-state index contributed by atoms with van der Waals surface area (Å²) >= 11 is 1.55. The molecule has 0 radical (unpaired) electrons. The monoisotopic (exact) mass is 199 g/mol. The van der Waals surface area contributed by atoms with E-state index >= 15 is 0 Å². The summed E-state index contributed by atoms with van der Waals surface area (Å²) < 4.78 is 0. The fourth-order valence-electron chi connectivity index (χ4n) is 0.775. The summed E-state index contributed by atoms with van der Waals surface area (Å²) in [7, 11) is 0. The predicted molar refractivity (Wildman–Crippen MR) is 54.0 cm³/mol. The third-order valence-corrected chi connectivity index (χ3v) is 2.06. The minimum Gasteiger partial charge on any atom is -0.392 e. The summed E-state index contributed by atoms with van der Waals surface area (Å²) in [5, 5.41) is 20.7. The number of aliphatic hydroxyl groups is 1. The van der Waals surface area contributed by atoms with Gasteiger partial charge in [-0.05, 0) is 25.3 Å². The zero-order chi connectivity index (χ0) is 9.68. The fraction of sp³-hybridized carbons (Fsp3) is 0.500. The Morgan fingerprint density at radius 1 is 1.54 bits per heavy atom. The highest BCUT2D eigenvalue weighted by molar-refractivity contribution is 7.98. The Hall–Kier alpha value is -0.810. The number of aromatic nitrogens is 2. The molecule has 1 aromatic heterocycles. The SMILES string of the molecule is CSc1ccc(NCC(C)O)nn1. The molecule has 1 atom stereocenters. The molecule has 2 N–H and O–H groups in total. The van der Waals surface area contributed by atoms with Crippen LogP contribution in [0.4, 0.5) is 5.82 Å². The molecule has 0 saturated heterocycles. The van der Waals surface area contributed by atoms with Crippen molar-refractivity contribution in [3.05, 3.63) is 12.1 Å². The third-order valence-electron chi connectivity index (χ3n) is 1.43. The van der Waals surface area contributed by atoms with Crippen LogP contribution in [0.25, 0.3) is 0 Å². The van der Waals surface area contributed by atoms with Gasteiger partial charge in [0.2, 0.25) is 0 Å². The summed E-state index contributed by atoms with van der Waals surface area (Å²) in [6.07, 6.45) is 1.58. The molecule has 0 aliphatic carbocycles. The van der Waals surface area contributed by atoms with E-state index in [9.17, 15) is 0 Å². The van der Waals surface area contributed by atoms with Crippen LogP contribution in [0.3, 0.4) is 0 Å². The fourth-order valence-corrected chi connectivity index (χ4v) is 1.10. The molecular formula is C8H13N3OS. The van der Waals surface area contributed by atoms with E-state index in [0.717, 1.165) is 5.03 Å². The second kappa shape index (κ2) is 5.04. The van der Waals surface area contributed by atoms with Crippen LogP contribution in [0.15, 0.2) is 17.2 Å². The Morgan fingerprint density at radius 3 is 2.77 bits per heavy atom. The van der Waals surface area contributed by atoms with E-state index in [1.807, 2.05) is 18.4 Å². The Labute approximate surface area is 81.8 Å². The van der Waals surface area contributed by atoms with E-state index in [0.29, 0.717) is 12.4 Å². The van der Waals surface area contributed by atoms with Crippen LogP contribution in [-0.4, -0.2) is 34.2 Å². The van der Waals surface area contributed by atoms with Gasteiger partial charge in [-0.25, -0.2) is 0 Å². The highest BCUT2D eigenvalue weighted by Crippen LogP contribution is 2.10. The molecule has 1 aromatic rings. The summed E-state index contributed by atoms with van der Waals surface area (Å²) in [5.74, 6) is 0.693. The number of rotatable bonds is 4. The average molecular weight is 199 g/mol. The van der Waals surface area contributed by atoms with Gasteiger partial charge in [0.1, 0.15) is 10.8 Å². The van der Waals surface area contributed by atoms with Crippen LogP contribution < -0.4 is 5.32 Å². The standard InChI is InChI=1S/C8H13N3OS/c1-6(12)5-9-7-3-4-8(13-2)11-10-7/h3-4,6,12H,5H2,1-2H3,(H,9,10). The molecule has 0 spiro atoms. The largest absolute Gasteiger partial charge is 0.392 e. The zero-order valence-corrected chi connectivity index (χ0v) is 8.51. The van der Waals surface area contributed by atoms with Crippen molar-refractivity contribution >= 4 is 17.6 Å². The molecular weight excluding hydrogens is 186 g/mol. The molecule has 0 saturated carbocycles. The minimum absolute atomic E-state index is 0.373. The first-order valence-electron chi connectivity index (χ1n) is 4.02. The second-order valence-electron chi connectivity index (χ2n) is 2.69.